The van der Waals surface area contributed by atoms with Gasteiger partial charge in [0.05, 0.1) is 23.8 Å². The first kappa shape index (κ1) is 21.4. The quantitative estimate of drug-likeness (QED) is 0.474. The van der Waals surface area contributed by atoms with Gasteiger partial charge in [0.25, 0.3) is 5.91 Å². The number of fused-ring (bicyclic) bond motifs is 1. The van der Waals surface area contributed by atoms with Gasteiger partial charge in [-0.05, 0) is 42.5 Å². The Bertz CT molecular complexity index is 1310. The summed E-state index contributed by atoms with van der Waals surface area (Å²) >= 11 is 0. The normalized spacial score (nSPS) is 18.5. The molecule has 6 nitrogen and oxygen atoms in total. The summed E-state index contributed by atoms with van der Waals surface area (Å²) in [6.07, 6.45) is 11.6. The van der Waals surface area contributed by atoms with Crippen molar-refractivity contribution in [2.24, 2.45) is 13.0 Å². The summed E-state index contributed by atoms with van der Waals surface area (Å²) in [6, 6.07) is 9.18. The molecule has 1 aromatic carbocycles. The van der Waals surface area contributed by atoms with Crippen LogP contribution in [0.1, 0.15) is 48.5 Å². The maximum absolute atomic E-state index is 15.0. The fraction of sp³-hybridized carbons (Fsp3) is 0.346. The lowest BCUT2D eigenvalue weighted by Crippen LogP contribution is -2.41. The summed E-state index contributed by atoms with van der Waals surface area (Å²) in [4.78, 5) is 17.6. The smallest absolute Gasteiger partial charge is 0.255 e. The molecule has 2 atom stereocenters. The minimum atomic E-state index is -0.288. The third-order valence-electron chi connectivity index (χ3n) is 6.74. The molecule has 170 valence electrons. The Morgan fingerprint density at radius 3 is 2.79 bits per heavy atom. The number of hydrogen-bond acceptors (Lipinski definition) is 3. The predicted molar refractivity (Wildman–Crippen MR) is 126 cm³/mol. The Hall–Kier alpha value is -3.48. The lowest BCUT2D eigenvalue weighted by atomic mass is 9.86. The standard InChI is InChI=1S/C26H28FN5O/c1-17-6-3-4-7-23(17)30-26(33)21-16-32(24-8-5-11-28-25(21)24)15-19-10-9-18(12-22(19)27)20-13-29-31(2)14-20/h5,8-14,16-17,23H,3-4,6-7,15H2,1-2H3,(H,30,33)/t17-,23-/m0/s1. The van der Waals surface area contributed by atoms with Crippen molar-refractivity contribution in [3.8, 4) is 11.1 Å². The molecule has 7 heteroatoms. The highest BCUT2D eigenvalue weighted by atomic mass is 19.1. The van der Waals surface area contributed by atoms with Gasteiger partial charge in [-0.25, -0.2) is 4.39 Å². The third kappa shape index (κ3) is 4.27. The number of amides is 1. The van der Waals surface area contributed by atoms with E-state index in [1.54, 1.807) is 29.3 Å². The van der Waals surface area contributed by atoms with E-state index in [4.69, 9.17) is 0 Å². The third-order valence-corrected chi connectivity index (χ3v) is 6.74. The fourth-order valence-corrected chi connectivity index (χ4v) is 4.81. The highest BCUT2D eigenvalue weighted by Gasteiger charge is 2.25. The molecule has 4 aromatic rings. The van der Waals surface area contributed by atoms with Crippen LogP contribution in [0.5, 0.6) is 0 Å². The molecular weight excluding hydrogens is 417 g/mol. The zero-order chi connectivity index (χ0) is 22.9. The number of aryl methyl sites for hydroxylation is 1. The van der Waals surface area contributed by atoms with Crippen molar-refractivity contribution in [2.75, 3.05) is 0 Å². The van der Waals surface area contributed by atoms with Crippen molar-refractivity contribution in [1.82, 2.24) is 24.6 Å². The molecule has 0 unspecified atom stereocenters. The summed E-state index contributed by atoms with van der Waals surface area (Å²) in [7, 11) is 1.84. The van der Waals surface area contributed by atoms with Gasteiger partial charge in [-0.2, -0.15) is 5.10 Å². The predicted octanol–water partition coefficient (Wildman–Crippen LogP) is 4.93. The van der Waals surface area contributed by atoms with E-state index in [0.29, 0.717) is 29.1 Å². The molecule has 1 aliphatic carbocycles. The van der Waals surface area contributed by atoms with Crippen molar-refractivity contribution in [2.45, 2.75) is 45.2 Å². The molecule has 33 heavy (non-hydrogen) atoms. The maximum atomic E-state index is 15.0. The van der Waals surface area contributed by atoms with Crippen molar-refractivity contribution >= 4 is 16.9 Å². The van der Waals surface area contributed by atoms with Crippen LogP contribution in [0.4, 0.5) is 4.39 Å². The SMILES string of the molecule is C[C@H]1CCCC[C@@H]1NC(=O)c1cn(Cc2ccc(-c3cnn(C)c3)cc2F)c2cccnc12. The molecular formula is C26H28FN5O. The van der Waals surface area contributed by atoms with Crippen LogP contribution in [-0.4, -0.2) is 31.3 Å². The number of nitrogens with one attached hydrogen (secondary N) is 1. The Balaban J connectivity index is 1.43. The van der Waals surface area contributed by atoms with Gasteiger partial charge in [-0.3, -0.25) is 14.5 Å². The van der Waals surface area contributed by atoms with Gasteiger partial charge in [0.1, 0.15) is 11.3 Å². The van der Waals surface area contributed by atoms with Crippen LogP contribution >= 0.6 is 0 Å². The molecule has 0 bridgehead atoms. The van der Waals surface area contributed by atoms with Crippen molar-refractivity contribution in [1.29, 1.82) is 0 Å². The van der Waals surface area contributed by atoms with Crippen LogP contribution < -0.4 is 5.32 Å². The molecule has 0 radical (unpaired) electrons. The van der Waals surface area contributed by atoms with Gasteiger partial charge < -0.3 is 9.88 Å². The van der Waals surface area contributed by atoms with Gasteiger partial charge in [0.2, 0.25) is 0 Å². The van der Waals surface area contributed by atoms with Crippen molar-refractivity contribution in [3.05, 3.63) is 72.1 Å². The average molecular weight is 446 g/mol. The number of carbonyl (C=O) groups excluding carboxylic acids is 1. The van der Waals surface area contributed by atoms with E-state index in [1.807, 2.05) is 36.0 Å². The summed E-state index contributed by atoms with van der Waals surface area (Å²) in [5, 5.41) is 7.38. The topological polar surface area (TPSA) is 64.7 Å². The van der Waals surface area contributed by atoms with Gasteiger partial charge in [0, 0.05) is 42.8 Å². The van der Waals surface area contributed by atoms with E-state index in [1.165, 1.54) is 12.5 Å². The summed E-state index contributed by atoms with van der Waals surface area (Å²) in [6.45, 7) is 2.51. The number of nitrogens with zero attached hydrogens (tertiary/aromatic N) is 4. The van der Waals surface area contributed by atoms with E-state index >= 15 is 4.39 Å². The van der Waals surface area contributed by atoms with Gasteiger partial charge in [-0.1, -0.05) is 31.9 Å². The molecule has 1 fully saturated rings. The Morgan fingerprint density at radius 2 is 2.03 bits per heavy atom. The molecule has 0 aliphatic heterocycles. The zero-order valence-electron chi connectivity index (χ0n) is 19.0. The van der Waals surface area contributed by atoms with Gasteiger partial charge in [-0.15, -0.1) is 0 Å². The Kier molecular flexibility index (Phi) is 5.70. The largest absolute Gasteiger partial charge is 0.349 e. The molecule has 0 saturated heterocycles. The number of hydrogen-bond donors (Lipinski definition) is 1. The molecule has 3 aromatic heterocycles. The Labute approximate surface area is 192 Å². The van der Waals surface area contributed by atoms with Crippen LogP contribution in [0.3, 0.4) is 0 Å². The highest BCUT2D eigenvalue weighted by Crippen LogP contribution is 2.27. The molecule has 1 aliphatic rings. The number of rotatable bonds is 5. The molecule has 5 rings (SSSR count). The maximum Gasteiger partial charge on any atom is 0.255 e. The zero-order valence-corrected chi connectivity index (χ0v) is 19.0. The monoisotopic (exact) mass is 445 g/mol. The minimum absolute atomic E-state index is 0.108. The Morgan fingerprint density at radius 1 is 1.18 bits per heavy atom. The second-order valence-corrected chi connectivity index (χ2v) is 9.09. The molecule has 1 amide bonds. The van der Waals surface area contributed by atoms with E-state index < -0.39 is 0 Å². The lowest BCUT2D eigenvalue weighted by Gasteiger charge is -2.29. The van der Waals surface area contributed by atoms with E-state index in [2.05, 4.69) is 22.3 Å². The fourth-order valence-electron chi connectivity index (χ4n) is 4.81. The number of carbonyl (C=O) groups is 1. The van der Waals surface area contributed by atoms with E-state index in [0.717, 1.165) is 35.9 Å². The minimum Gasteiger partial charge on any atom is -0.349 e. The van der Waals surface area contributed by atoms with Crippen LogP contribution in [0.25, 0.3) is 22.2 Å². The van der Waals surface area contributed by atoms with Gasteiger partial charge in [0.15, 0.2) is 0 Å². The number of aromatic nitrogens is 4. The van der Waals surface area contributed by atoms with Gasteiger partial charge >= 0.3 is 0 Å². The molecule has 3 heterocycles. The summed E-state index contributed by atoms with van der Waals surface area (Å²) in [5.41, 5.74) is 4.20. The van der Waals surface area contributed by atoms with E-state index in [9.17, 15) is 4.79 Å². The van der Waals surface area contributed by atoms with E-state index in [-0.39, 0.29) is 17.8 Å². The van der Waals surface area contributed by atoms with Crippen LogP contribution in [0, 0.1) is 11.7 Å². The second kappa shape index (κ2) is 8.81. The summed E-state index contributed by atoms with van der Waals surface area (Å²) < 4.78 is 18.6. The molecule has 1 N–H and O–H groups in total. The van der Waals surface area contributed by atoms with Crippen LogP contribution in [-0.2, 0) is 13.6 Å². The molecule has 0 spiro atoms. The highest BCUT2D eigenvalue weighted by molar-refractivity contribution is 6.05. The molecule has 1 saturated carbocycles. The number of pyridine rings is 1. The lowest BCUT2D eigenvalue weighted by molar-refractivity contribution is 0.0911. The van der Waals surface area contributed by atoms with Crippen LogP contribution in [0.2, 0.25) is 0 Å². The van der Waals surface area contributed by atoms with Crippen LogP contribution in [0.15, 0.2) is 55.1 Å². The van der Waals surface area contributed by atoms with Crippen molar-refractivity contribution < 1.29 is 9.18 Å². The average Bonchev–Trinajstić information content (AvgIpc) is 3.41. The first-order chi connectivity index (χ1) is 16.0. The number of halogens is 1. The number of benzene rings is 1. The first-order valence-electron chi connectivity index (χ1n) is 11.5. The first-order valence-corrected chi connectivity index (χ1v) is 11.5. The second-order valence-electron chi connectivity index (χ2n) is 9.09. The summed E-state index contributed by atoms with van der Waals surface area (Å²) in [5.74, 6) is 0.0733. The van der Waals surface area contributed by atoms with Crippen molar-refractivity contribution in [3.63, 3.8) is 0 Å².